The molecule has 0 aliphatic carbocycles. The van der Waals surface area contributed by atoms with E-state index in [0.29, 0.717) is 16.5 Å². The van der Waals surface area contributed by atoms with E-state index in [0.717, 1.165) is 16.9 Å². The Hall–Kier alpha value is -2.67. The predicted molar refractivity (Wildman–Crippen MR) is 114 cm³/mol. The lowest BCUT2D eigenvalue weighted by Gasteiger charge is -2.08. The van der Waals surface area contributed by atoms with E-state index in [1.165, 1.54) is 5.56 Å². The zero-order chi connectivity index (χ0) is 21.6. The lowest BCUT2D eigenvalue weighted by Crippen LogP contribution is -2.16. The van der Waals surface area contributed by atoms with Crippen LogP contribution in [0.4, 0.5) is 5.00 Å². The fourth-order valence-corrected chi connectivity index (χ4v) is 3.92. The van der Waals surface area contributed by atoms with Gasteiger partial charge < -0.3 is 14.8 Å². The summed E-state index contributed by atoms with van der Waals surface area (Å²) in [6, 6.07) is 7.85. The summed E-state index contributed by atoms with van der Waals surface area (Å²) in [7, 11) is 0. The van der Waals surface area contributed by atoms with Crippen molar-refractivity contribution in [1.29, 1.82) is 0 Å². The number of hydrogen-bond acceptors (Lipinski definition) is 6. The third kappa shape index (κ3) is 5.67. The van der Waals surface area contributed by atoms with E-state index < -0.39 is 11.9 Å². The van der Waals surface area contributed by atoms with Gasteiger partial charge in [-0.15, -0.1) is 11.3 Å². The summed E-state index contributed by atoms with van der Waals surface area (Å²) in [6.45, 7) is 9.69. The quantitative estimate of drug-likeness (QED) is 0.629. The number of nitrogens with one attached hydrogen (secondary N) is 1. The van der Waals surface area contributed by atoms with Gasteiger partial charge in [0, 0.05) is 0 Å². The van der Waals surface area contributed by atoms with E-state index in [1.54, 1.807) is 20.8 Å². The normalized spacial score (nSPS) is 10.7. The van der Waals surface area contributed by atoms with E-state index >= 15 is 0 Å². The zero-order valence-corrected chi connectivity index (χ0v) is 18.3. The third-order valence-electron chi connectivity index (χ3n) is 4.35. The Labute approximate surface area is 175 Å². The minimum atomic E-state index is -0.576. The van der Waals surface area contributed by atoms with Crippen LogP contribution in [0, 0.1) is 6.92 Å². The second-order valence-electron chi connectivity index (χ2n) is 6.82. The molecule has 1 aromatic carbocycles. The standard InChI is InChI=1S/C22H27NO5S/c1-6-27-21(25)18-14(5)19(22(26)28-7-2)29-20(18)23-17(24)12-15-8-10-16(11-9-15)13(3)4/h8-11,13H,6-7,12H2,1-5H3,(H,23,24). The molecule has 0 atom stereocenters. The molecule has 2 aromatic rings. The Morgan fingerprint density at radius 3 is 2.14 bits per heavy atom. The van der Waals surface area contributed by atoms with Crippen LogP contribution in [0.5, 0.6) is 0 Å². The number of ether oxygens (including phenoxy) is 2. The Morgan fingerprint density at radius 1 is 1.00 bits per heavy atom. The number of amides is 1. The van der Waals surface area contributed by atoms with Crippen LogP contribution in [-0.4, -0.2) is 31.1 Å². The molecule has 0 saturated heterocycles. The van der Waals surface area contributed by atoms with Crippen molar-refractivity contribution in [3.8, 4) is 0 Å². The fourth-order valence-electron chi connectivity index (χ4n) is 2.82. The summed E-state index contributed by atoms with van der Waals surface area (Å²) in [6.07, 6.45) is 0.159. The number of carbonyl (C=O) groups is 3. The number of benzene rings is 1. The van der Waals surface area contributed by atoms with Crippen molar-refractivity contribution in [2.75, 3.05) is 18.5 Å². The molecule has 1 N–H and O–H groups in total. The zero-order valence-electron chi connectivity index (χ0n) is 17.5. The maximum absolute atomic E-state index is 12.6. The van der Waals surface area contributed by atoms with E-state index in [4.69, 9.17) is 9.47 Å². The molecule has 0 spiro atoms. The Morgan fingerprint density at radius 2 is 1.59 bits per heavy atom. The number of hydrogen-bond donors (Lipinski definition) is 1. The Kier molecular flexibility index (Phi) is 7.96. The lowest BCUT2D eigenvalue weighted by molar-refractivity contribution is -0.115. The second-order valence-corrected chi connectivity index (χ2v) is 7.84. The van der Waals surface area contributed by atoms with E-state index in [9.17, 15) is 14.4 Å². The molecule has 0 saturated carbocycles. The molecule has 0 aliphatic rings. The van der Waals surface area contributed by atoms with Crippen molar-refractivity contribution in [3.63, 3.8) is 0 Å². The molecule has 0 bridgehead atoms. The minimum absolute atomic E-state index is 0.159. The van der Waals surface area contributed by atoms with Crippen LogP contribution in [0.2, 0.25) is 0 Å². The highest BCUT2D eigenvalue weighted by molar-refractivity contribution is 7.18. The maximum Gasteiger partial charge on any atom is 0.348 e. The van der Waals surface area contributed by atoms with Crippen LogP contribution < -0.4 is 5.32 Å². The highest BCUT2D eigenvalue weighted by Gasteiger charge is 2.27. The first-order valence-electron chi connectivity index (χ1n) is 9.64. The van der Waals surface area contributed by atoms with Crippen LogP contribution in [0.15, 0.2) is 24.3 Å². The summed E-state index contributed by atoms with van der Waals surface area (Å²) in [5.74, 6) is -0.955. The molecule has 156 valence electrons. The smallest absolute Gasteiger partial charge is 0.348 e. The summed E-state index contributed by atoms with van der Waals surface area (Å²) >= 11 is 1.03. The van der Waals surface area contributed by atoms with Gasteiger partial charge in [-0.05, 0) is 43.4 Å². The van der Waals surface area contributed by atoms with Crippen molar-refractivity contribution in [3.05, 3.63) is 51.4 Å². The van der Waals surface area contributed by atoms with Crippen LogP contribution in [0.3, 0.4) is 0 Å². The van der Waals surface area contributed by atoms with Crippen molar-refractivity contribution < 1.29 is 23.9 Å². The molecule has 29 heavy (non-hydrogen) atoms. The topological polar surface area (TPSA) is 81.7 Å². The molecule has 6 nitrogen and oxygen atoms in total. The van der Waals surface area contributed by atoms with Gasteiger partial charge in [0.25, 0.3) is 0 Å². The maximum atomic E-state index is 12.6. The number of anilines is 1. The van der Waals surface area contributed by atoms with Gasteiger partial charge in [-0.3, -0.25) is 4.79 Å². The first-order valence-corrected chi connectivity index (χ1v) is 10.5. The average Bonchev–Trinajstić information content (AvgIpc) is 2.98. The molecule has 1 aromatic heterocycles. The van der Waals surface area contributed by atoms with Gasteiger partial charge in [0.15, 0.2) is 0 Å². The molecular formula is C22H27NO5S. The van der Waals surface area contributed by atoms with Crippen molar-refractivity contribution >= 4 is 34.2 Å². The number of rotatable bonds is 8. The van der Waals surface area contributed by atoms with Gasteiger partial charge in [-0.1, -0.05) is 38.1 Å². The average molecular weight is 418 g/mol. The van der Waals surface area contributed by atoms with Crippen molar-refractivity contribution in [1.82, 2.24) is 0 Å². The number of carbonyl (C=O) groups excluding carboxylic acids is 3. The molecule has 0 fully saturated rings. The van der Waals surface area contributed by atoms with Gasteiger partial charge in [0.1, 0.15) is 9.88 Å². The number of esters is 2. The predicted octanol–water partition coefficient (Wildman–Crippen LogP) is 4.71. The highest BCUT2D eigenvalue weighted by atomic mass is 32.1. The van der Waals surface area contributed by atoms with Gasteiger partial charge in [-0.25, -0.2) is 9.59 Å². The van der Waals surface area contributed by atoms with Gasteiger partial charge in [-0.2, -0.15) is 0 Å². The fraction of sp³-hybridized carbons (Fsp3) is 0.409. The first-order chi connectivity index (χ1) is 13.8. The molecule has 1 amide bonds. The molecular weight excluding hydrogens is 390 g/mol. The SMILES string of the molecule is CCOC(=O)c1sc(NC(=O)Cc2ccc(C(C)C)cc2)c(C(=O)OCC)c1C. The lowest BCUT2D eigenvalue weighted by atomic mass is 10.0. The third-order valence-corrected chi connectivity index (χ3v) is 5.54. The summed E-state index contributed by atoms with van der Waals surface area (Å²) < 4.78 is 10.2. The van der Waals surface area contributed by atoms with Crippen LogP contribution in [0.1, 0.15) is 70.3 Å². The minimum Gasteiger partial charge on any atom is -0.462 e. The van der Waals surface area contributed by atoms with Crippen LogP contribution in [-0.2, 0) is 20.7 Å². The molecule has 0 radical (unpaired) electrons. The van der Waals surface area contributed by atoms with Gasteiger partial charge >= 0.3 is 11.9 Å². The van der Waals surface area contributed by atoms with Crippen LogP contribution in [0.25, 0.3) is 0 Å². The van der Waals surface area contributed by atoms with Crippen molar-refractivity contribution in [2.45, 2.75) is 47.0 Å². The summed E-state index contributed by atoms with van der Waals surface area (Å²) in [4.78, 5) is 37.5. The van der Waals surface area contributed by atoms with E-state index in [2.05, 4.69) is 19.2 Å². The van der Waals surface area contributed by atoms with Gasteiger partial charge in [0.2, 0.25) is 5.91 Å². The largest absolute Gasteiger partial charge is 0.462 e. The Bertz CT molecular complexity index is 883. The monoisotopic (exact) mass is 417 g/mol. The second kappa shape index (κ2) is 10.2. The molecule has 0 aliphatic heterocycles. The van der Waals surface area contributed by atoms with Crippen LogP contribution >= 0.6 is 11.3 Å². The molecule has 0 unspecified atom stereocenters. The Balaban J connectivity index is 2.25. The van der Waals surface area contributed by atoms with Gasteiger partial charge in [0.05, 0.1) is 25.2 Å². The molecule has 2 rings (SSSR count). The number of thiophene rings is 1. The van der Waals surface area contributed by atoms with E-state index in [-0.39, 0.29) is 36.0 Å². The van der Waals surface area contributed by atoms with E-state index in [1.807, 2.05) is 24.3 Å². The molecule has 1 heterocycles. The summed E-state index contributed by atoms with van der Waals surface area (Å²) in [5.41, 5.74) is 2.71. The van der Waals surface area contributed by atoms with Crippen molar-refractivity contribution in [2.24, 2.45) is 0 Å². The first kappa shape index (κ1) is 22.6. The summed E-state index contributed by atoms with van der Waals surface area (Å²) in [5, 5.41) is 3.06. The molecule has 7 heteroatoms. The highest BCUT2D eigenvalue weighted by Crippen LogP contribution is 2.34.